The van der Waals surface area contributed by atoms with Crippen LogP contribution in [0.1, 0.15) is 21.5 Å². The van der Waals surface area contributed by atoms with Crippen molar-refractivity contribution >= 4 is 40.0 Å². The van der Waals surface area contributed by atoms with Gasteiger partial charge in [0.1, 0.15) is 5.65 Å². The highest BCUT2D eigenvalue weighted by atomic mass is 35.5. The Bertz CT molecular complexity index is 824. The summed E-state index contributed by atoms with van der Waals surface area (Å²) in [5.74, 6) is -0.167. The number of aryl methyl sites for hydroxylation is 1. The Morgan fingerprint density at radius 2 is 2.00 bits per heavy atom. The molecule has 0 bridgehead atoms. The Hall–Kier alpha value is -1.84. The number of ketones is 1. The Morgan fingerprint density at radius 3 is 2.80 bits per heavy atom. The van der Waals surface area contributed by atoms with E-state index in [0.29, 0.717) is 32.2 Å². The van der Waals surface area contributed by atoms with Crippen molar-refractivity contribution < 1.29 is 4.79 Å². The lowest BCUT2D eigenvalue weighted by atomic mass is 10.0. The molecule has 0 saturated heterocycles. The van der Waals surface area contributed by atoms with Gasteiger partial charge in [0.05, 0.1) is 15.6 Å². The number of nitrogens with zero attached hydrogens (tertiary/aromatic N) is 1. The summed E-state index contributed by atoms with van der Waals surface area (Å²) in [6.45, 7) is 1.86. The first-order chi connectivity index (χ1) is 9.59. The standard InChI is InChI=1S/C15H10Cl2N2O/c1-8-3-2-4-9(13(8)17)14(20)10-7-19-15-12(10)11(16)5-6-18-15/h2-7H,1H3,(H,18,19). The van der Waals surface area contributed by atoms with E-state index in [1.54, 1.807) is 24.5 Å². The average Bonchev–Trinajstić information content (AvgIpc) is 2.86. The van der Waals surface area contributed by atoms with Crippen LogP contribution in [0.3, 0.4) is 0 Å². The molecular formula is C15H10Cl2N2O. The van der Waals surface area contributed by atoms with Crippen molar-refractivity contribution in [3.05, 3.63) is 63.4 Å². The van der Waals surface area contributed by atoms with Crippen LogP contribution in [0.15, 0.2) is 36.7 Å². The van der Waals surface area contributed by atoms with E-state index < -0.39 is 0 Å². The number of nitrogens with one attached hydrogen (secondary N) is 1. The van der Waals surface area contributed by atoms with E-state index in [-0.39, 0.29) is 5.78 Å². The van der Waals surface area contributed by atoms with Gasteiger partial charge in [0.25, 0.3) is 0 Å². The number of carbonyl (C=O) groups is 1. The van der Waals surface area contributed by atoms with Gasteiger partial charge in [0, 0.05) is 23.3 Å². The molecule has 0 radical (unpaired) electrons. The molecule has 5 heteroatoms. The summed E-state index contributed by atoms with van der Waals surface area (Å²) in [5.41, 5.74) is 2.39. The van der Waals surface area contributed by atoms with Gasteiger partial charge in [0.2, 0.25) is 0 Å². The van der Waals surface area contributed by atoms with Crippen LogP contribution >= 0.6 is 23.2 Å². The molecule has 0 aliphatic heterocycles. The summed E-state index contributed by atoms with van der Waals surface area (Å²) < 4.78 is 0. The zero-order valence-corrected chi connectivity index (χ0v) is 12.1. The van der Waals surface area contributed by atoms with Crippen LogP contribution in [0.25, 0.3) is 11.0 Å². The minimum absolute atomic E-state index is 0.167. The molecular weight excluding hydrogens is 295 g/mol. The Balaban J connectivity index is 2.21. The van der Waals surface area contributed by atoms with Crippen LogP contribution in [-0.4, -0.2) is 15.8 Å². The highest BCUT2D eigenvalue weighted by molar-refractivity contribution is 6.39. The maximum atomic E-state index is 12.7. The van der Waals surface area contributed by atoms with Crippen molar-refractivity contribution in [1.29, 1.82) is 0 Å². The fourth-order valence-electron chi connectivity index (χ4n) is 2.16. The van der Waals surface area contributed by atoms with E-state index >= 15 is 0 Å². The summed E-state index contributed by atoms with van der Waals surface area (Å²) in [6.07, 6.45) is 3.21. The predicted octanol–water partition coefficient (Wildman–Crippen LogP) is 4.41. The monoisotopic (exact) mass is 304 g/mol. The first-order valence-electron chi connectivity index (χ1n) is 6.01. The number of rotatable bonds is 2. The van der Waals surface area contributed by atoms with Gasteiger partial charge in [0.15, 0.2) is 5.78 Å². The normalized spacial score (nSPS) is 10.9. The smallest absolute Gasteiger partial charge is 0.196 e. The number of benzene rings is 1. The van der Waals surface area contributed by atoms with Gasteiger partial charge in [-0.2, -0.15) is 0 Å². The predicted molar refractivity (Wildman–Crippen MR) is 80.7 cm³/mol. The molecule has 0 atom stereocenters. The molecule has 3 aromatic rings. The fourth-order valence-corrected chi connectivity index (χ4v) is 2.62. The third kappa shape index (κ3) is 1.99. The number of fused-ring (bicyclic) bond motifs is 1. The quantitative estimate of drug-likeness (QED) is 0.713. The maximum Gasteiger partial charge on any atom is 0.196 e. The van der Waals surface area contributed by atoms with Crippen molar-refractivity contribution in [3.63, 3.8) is 0 Å². The zero-order valence-electron chi connectivity index (χ0n) is 10.6. The van der Waals surface area contributed by atoms with Gasteiger partial charge in [-0.25, -0.2) is 4.98 Å². The SMILES string of the molecule is Cc1cccc(C(=O)c2c[nH]c3nccc(Cl)c23)c1Cl. The minimum atomic E-state index is -0.167. The molecule has 1 N–H and O–H groups in total. The summed E-state index contributed by atoms with van der Waals surface area (Å²) in [6, 6.07) is 7.04. The number of hydrogen-bond acceptors (Lipinski definition) is 2. The molecule has 0 aliphatic carbocycles. The molecule has 3 nitrogen and oxygen atoms in total. The van der Waals surface area contributed by atoms with E-state index in [1.165, 1.54) is 0 Å². The van der Waals surface area contributed by atoms with E-state index in [1.807, 2.05) is 19.1 Å². The molecule has 2 heterocycles. The first kappa shape index (κ1) is 13.2. The molecule has 0 fully saturated rings. The number of pyridine rings is 1. The number of aromatic amines is 1. The Morgan fingerprint density at radius 1 is 1.20 bits per heavy atom. The lowest BCUT2D eigenvalue weighted by Gasteiger charge is -2.05. The average molecular weight is 305 g/mol. The van der Waals surface area contributed by atoms with Crippen LogP contribution in [0.5, 0.6) is 0 Å². The van der Waals surface area contributed by atoms with Gasteiger partial charge >= 0.3 is 0 Å². The van der Waals surface area contributed by atoms with E-state index in [0.717, 1.165) is 5.56 Å². The number of carbonyl (C=O) groups excluding carboxylic acids is 1. The minimum Gasteiger partial charge on any atom is -0.345 e. The van der Waals surface area contributed by atoms with E-state index in [2.05, 4.69) is 9.97 Å². The van der Waals surface area contributed by atoms with Crippen LogP contribution in [0.2, 0.25) is 10.0 Å². The summed E-state index contributed by atoms with van der Waals surface area (Å²) in [7, 11) is 0. The first-order valence-corrected chi connectivity index (χ1v) is 6.76. The van der Waals surface area contributed by atoms with Crippen LogP contribution in [0, 0.1) is 6.92 Å². The molecule has 100 valence electrons. The number of aromatic nitrogens is 2. The molecule has 0 spiro atoms. The molecule has 0 amide bonds. The highest BCUT2D eigenvalue weighted by Crippen LogP contribution is 2.29. The van der Waals surface area contributed by atoms with Crippen molar-refractivity contribution in [2.75, 3.05) is 0 Å². The van der Waals surface area contributed by atoms with Crippen LogP contribution in [0.4, 0.5) is 0 Å². The van der Waals surface area contributed by atoms with Gasteiger partial charge in [-0.15, -0.1) is 0 Å². The van der Waals surface area contributed by atoms with E-state index in [4.69, 9.17) is 23.2 Å². The third-order valence-corrected chi connectivity index (χ3v) is 4.02. The second-order valence-corrected chi connectivity index (χ2v) is 5.27. The molecule has 0 saturated carbocycles. The molecule has 1 aromatic carbocycles. The van der Waals surface area contributed by atoms with Crippen molar-refractivity contribution in [1.82, 2.24) is 9.97 Å². The van der Waals surface area contributed by atoms with Crippen molar-refractivity contribution in [2.45, 2.75) is 6.92 Å². The summed E-state index contributed by atoms with van der Waals surface area (Å²) >= 11 is 12.4. The lowest BCUT2D eigenvalue weighted by Crippen LogP contribution is -2.02. The maximum absolute atomic E-state index is 12.7. The van der Waals surface area contributed by atoms with Crippen molar-refractivity contribution in [2.24, 2.45) is 0 Å². The highest BCUT2D eigenvalue weighted by Gasteiger charge is 2.19. The molecule has 3 rings (SSSR count). The summed E-state index contributed by atoms with van der Waals surface area (Å²) in [4.78, 5) is 19.8. The van der Waals surface area contributed by atoms with Gasteiger partial charge in [-0.1, -0.05) is 35.3 Å². The second kappa shape index (κ2) is 4.93. The fraction of sp³-hybridized carbons (Fsp3) is 0.0667. The van der Waals surface area contributed by atoms with Crippen LogP contribution in [-0.2, 0) is 0 Å². The molecule has 0 aliphatic rings. The number of halogens is 2. The zero-order chi connectivity index (χ0) is 14.3. The Kier molecular flexibility index (Phi) is 3.24. The molecule has 0 unspecified atom stereocenters. The van der Waals surface area contributed by atoms with Crippen molar-refractivity contribution in [3.8, 4) is 0 Å². The summed E-state index contributed by atoms with van der Waals surface area (Å²) in [5, 5.41) is 1.58. The second-order valence-electron chi connectivity index (χ2n) is 4.48. The number of hydrogen-bond donors (Lipinski definition) is 1. The van der Waals surface area contributed by atoms with Gasteiger partial charge in [-0.05, 0) is 24.6 Å². The number of H-pyrrole nitrogens is 1. The third-order valence-electron chi connectivity index (χ3n) is 3.20. The molecule has 2 aromatic heterocycles. The van der Waals surface area contributed by atoms with Gasteiger partial charge in [-0.3, -0.25) is 4.79 Å². The van der Waals surface area contributed by atoms with Gasteiger partial charge < -0.3 is 4.98 Å². The topological polar surface area (TPSA) is 45.8 Å². The van der Waals surface area contributed by atoms with Crippen LogP contribution < -0.4 is 0 Å². The van der Waals surface area contributed by atoms with E-state index in [9.17, 15) is 4.79 Å². The largest absolute Gasteiger partial charge is 0.345 e. The Labute approximate surface area is 125 Å². The lowest BCUT2D eigenvalue weighted by molar-refractivity contribution is 0.104. The molecule has 20 heavy (non-hydrogen) atoms.